The van der Waals surface area contributed by atoms with Gasteiger partial charge in [0.25, 0.3) is 5.91 Å². The molecule has 0 aliphatic rings. The molecule has 106 valence electrons. The van der Waals surface area contributed by atoms with E-state index in [-0.39, 0.29) is 12.3 Å². The maximum atomic E-state index is 11.8. The lowest BCUT2D eigenvalue weighted by Gasteiger charge is -2.04. The number of hydrogen-bond donors (Lipinski definition) is 2. The van der Waals surface area contributed by atoms with Crippen molar-refractivity contribution >= 4 is 23.2 Å². The molecule has 0 bridgehead atoms. The number of rotatable bonds is 9. The van der Waals surface area contributed by atoms with Gasteiger partial charge in [-0.05, 0) is 30.7 Å². The quantitative estimate of drug-likeness (QED) is 0.684. The van der Waals surface area contributed by atoms with Gasteiger partial charge in [-0.1, -0.05) is 19.3 Å². The molecule has 1 amide bonds. The number of hydrogen-bond acceptors (Lipinski definition) is 3. The molecule has 0 aliphatic carbocycles. The second-order valence-corrected chi connectivity index (χ2v) is 5.38. The van der Waals surface area contributed by atoms with Crippen molar-refractivity contribution in [3.8, 4) is 0 Å². The van der Waals surface area contributed by atoms with Crippen LogP contribution in [-0.2, 0) is 4.79 Å². The predicted octanol–water partition coefficient (Wildman–Crippen LogP) is 3.21. The number of carbonyl (C=O) groups is 2. The fourth-order valence-electron chi connectivity index (χ4n) is 1.82. The molecule has 0 unspecified atom stereocenters. The molecule has 1 aromatic heterocycles. The van der Waals surface area contributed by atoms with E-state index in [0.29, 0.717) is 6.54 Å². The minimum atomic E-state index is -0.724. The van der Waals surface area contributed by atoms with E-state index in [4.69, 9.17) is 5.11 Å². The molecular formula is C14H21NO3S. The lowest BCUT2D eigenvalue weighted by molar-refractivity contribution is -0.137. The Morgan fingerprint density at radius 1 is 1.16 bits per heavy atom. The van der Waals surface area contributed by atoms with Crippen molar-refractivity contribution in [2.75, 3.05) is 6.54 Å². The number of aliphatic carboxylic acids is 1. The average Bonchev–Trinajstić information content (AvgIpc) is 2.78. The minimum absolute atomic E-state index is 0.00428. The average molecular weight is 283 g/mol. The highest BCUT2D eigenvalue weighted by molar-refractivity contribution is 7.08. The number of nitrogens with one attached hydrogen (secondary N) is 1. The first-order chi connectivity index (χ1) is 9.11. The van der Waals surface area contributed by atoms with E-state index in [0.717, 1.165) is 43.2 Å². The lowest BCUT2D eigenvalue weighted by atomic mass is 10.1. The third-order valence-corrected chi connectivity index (χ3v) is 3.81. The highest BCUT2D eigenvalue weighted by atomic mass is 32.1. The molecule has 4 nitrogen and oxygen atoms in total. The topological polar surface area (TPSA) is 66.4 Å². The van der Waals surface area contributed by atoms with Crippen LogP contribution in [0.3, 0.4) is 0 Å². The Hall–Kier alpha value is -1.36. The molecule has 5 heteroatoms. The molecular weight excluding hydrogens is 262 g/mol. The Morgan fingerprint density at radius 2 is 1.84 bits per heavy atom. The highest BCUT2D eigenvalue weighted by Gasteiger charge is 2.08. The molecule has 0 aliphatic heterocycles. The van der Waals surface area contributed by atoms with Crippen molar-refractivity contribution in [2.45, 2.75) is 45.4 Å². The van der Waals surface area contributed by atoms with Crippen LogP contribution >= 0.6 is 11.3 Å². The smallest absolute Gasteiger partial charge is 0.303 e. The van der Waals surface area contributed by atoms with Gasteiger partial charge in [0.05, 0.1) is 5.56 Å². The van der Waals surface area contributed by atoms with E-state index in [2.05, 4.69) is 5.32 Å². The zero-order valence-electron chi connectivity index (χ0n) is 11.3. The first kappa shape index (κ1) is 15.7. The van der Waals surface area contributed by atoms with Crippen LogP contribution in [0.25, 0.3) is 0 Å². The minimum Gasteiger partial charge on any atom is -0.481 e. The van der Waals surface area contributed by atoms with Gasteiger partial charge >= 0.3 is 5.97 Å². The summed E-state index contributed by atoms with van der Waals surface area (Å²) >= 11 is 1.54. The monoisotopic (exact) mass is 283 g/mol. The predicted molar refractivity (Wildman–Crippen MR) is 76.7 cm³/mol. The van der Waals surface area contributed by atoms with Crippen molar-refractivity contribution in [2.24, 2.45) is 0 Å². The Balaban J connectivity index is 2.01. The second-order valence-electron chi connectivity index (χ2n) is 4.64. The maximum Gasteiger partial charge on any atom is 0.303 e. The van der Waals surface area contributed by atoms with Crippen molar-refractivity contribution in [1.82, 2.24) is 5.32 Å². The molecule has 19 heavy (non-hydrogen) atoms. The molecule has 0 aromatic carbocycles. The van der Waals surface area contributed by atoms with E-state index in [1.807, 2.05) is 17.7 Å². The molecule has 2 N–H and O–H groups in total. The molecule has 1 rings (SSSR count). The molecule has 0 spiro atoms. The first-order valence-corrected chi connectivity index (χ1v) is 7.58. The van der Waals surface area contributed by atoms with Crippen LogP contribution in [0.5, 0.6) is 0 Å². The number of unbranched alkanes of at least 4 members (excludes halogenated alkanes) is 4. The van der Waals surface area contributed by atoms with Gasteiger partial charge in [0.1, 0.15) is 0 Å². The molecule has 1 aromatic rings. The Morgan fingerprint density at radius 3 is 2.47 bits per heavy atom. The number of aryl methyl sites for hydroxylation is 1. The molecule has 0 radical (unpaired) electrons. The van der Waals surface area contributed by atoms with Gasteiger partial charge in [-0.3, -0.25) is 9.59 Å². The standard InChI is InChI=1S/C14H21NO3S/c1-11-9-19-10-12(11)14(18)15-8-6-4-2-3-5-7-13(16)17/h9-10H,2-8H2,1H3,(H,15,18)(H,16,17). The summed E-state index contributed by atoms with van der Waals surface area (Å²) in [6.07, 6.45) is 4.96. The first-order valence-electron chi connectivity index (χ1n) is 6.64. The summed E-state index contributed by atoms with van der Waals surface area (Å²) in [5.74, 6) is -0.719. The maximum absolute atomic E-state index is 11.8. The Kier molecular flexibility index (Phi) is 7.18. The second kappa shape index (κ2) is 8.69. The fraction of sp³-hybridized carbons (Fsp3) is 0.571. The largest absolute Gasteiger partial charge is 0.481 e. The van der Waals surface area contributed by atoms with Crippen LogP contribution in [0.15, 0.2) is 10.8 Å². The van der Waals surface area contributed by atoms with Crippen LogP contribution in [-0.4, -0.2) is 23.5 Å². The van der Waals surface area contributed by atoms with Crippen LogP contribution in [0.4, 0.5) is 0 Å². The lowest BCUT2D eigenvalue weighted by Crippen LogP contribution is -2.24. The number of carbonyl (C=O) groups excluding carboxylic acids is 1. The van der Waals surface area contributed by atoms with E-state index >= 15 is 0 Å². The summed E-state index contributed by atoms with van der Waals surface area (Å²) in [7, 11) is 0. The zero-order chi connectivity index (χ0) is 14.1. The van der Waals surface area contributed by atoms with E-state index in [1.165, 1.54) is 0 Å². The van der Waals surface area contributed by atoms with Gasteiger partial charge in [0.15, 0.2) is 0 Å². The van der Waals surface area contributed by atoms with E-state index < -0.39 is 5.97 Å². The van der Waals surface area contributed by atoms with Crippen LogP contribution in [0.2, 0.25) is 0 Å². The van der Waals surface area contributed by atoms with E-state index in [9.17, 15) is 9.59 Å². The Bertz CT molecular complexity index is 415. The van der Waals surface area contributed by atoms with Crippen molar-refractivity contribution in [1.29, 1.82) is 0 Å². The van der Waals surface area contributed by atoms with Gasteiger partial charge in [-0.2, -0.15) is 11.3 Å². The van der Waals surface area contributed by atoms with Crippen LogP contribution in [0, 0.1) is 6.92 Å². The van der Waals surface area contributed by atoms with Crippen molar-refractivity contribution < 1.29 is 14.7 Å². The van der Waals surface area contributed by atoms with Crippen molar-refractivity contribution in [3.63, 3.8) is 0 Å². The fourth-order valence-corrected chi connectivity index (χ4v) is 2.65. The number of carboxylic acid groups (broad SMARTS) is 1. The third-order valence-electron chi connectivity index (χ3n) is 2.95. The third kappa shape index (κ3) is 6.38. The van der Waals surface area contributed by atoms with Gasteiger partial charge in [0, 0.05) is 18.3 Å². The molecule has 1 heterocycles. The van der Waals surface area contributed by atoms with Gasteiger partial charge in [0.2, 0.25) is 0 Å². The van der Waals surface area contributed by atoms with Gasteiger partial charge < -0.3 is 10.4 Å². The van der Waals surface area contributed by atoms with E-state index in [1.54, 1.807) is 11.3 Å². The van der Waals surface area contributed by atoms with Gasteiger partial charge in [-0.25, -0.2) is 0 Å². The number of carboxylic acids is 1. The number of thiophene rings is 1. The number of amides is 1. The Labute approximate surface area is 117 Å². The molecule has 0 saturated heterocycles. The summed E-state index contributed by atoms with van der Waals surface area (Å²) in [6.45, 7) is 2.63. The summed E-state index contributed by atoms with van der Waals surface area (Å²) in [6, 6.07) is 0. The molecule has 0 saturated carbocycles. The van der Waals surface area contributed by atoms with Crippen LogP contribution in [0.1, 0.15) is 54.4 Å². The normalized spacial score (nSPS) is 10.4. The highest BCUT2D eigenvalue weighted by Crippen LogP contribution is 2.13. The van der Waals surface area contributed by atoms with Gasteiger partial charge in [-0.15, -0.1) is 0 Å². The van der Waals surface area contributed by atoms with Crippen molar-refractivity contribution in [3.05, 3.63) is 21.9 Å². The molecule has 0 atom stereocenters. The summed E-state index contributed by atoms with van der Waals surface area (Å²) in [5, 5.41) is 15.2. The van der Waals surface area contributed by atoms with Crippen LogP contribution < -0.4 is 5.32 Å². The summed E-state index contributed by atoms with van der Waals surface area (Å²) < 4.78 is 0. The summed E-state index contributed by atoms with van der Waals surface area (Å²) in [4.78, 5) is 22.1. The molecule has 0 fully saturated rings. The SMILES string of the molecule is Cc1cscc1C(=O)NCCCCCCCC(=O)O. The summed E-state index contributed by atoms with van der Waals surface area (Å²) in [5.41, 5.74) is 1.79. The zero-order valence-corrected chi connectivity index (χ0v) is 12.1.